The first kappa shape index (κ1) is 53.8. The Balaban J connectivity index is 1.27. The van der Waals surface area contributed by atoms with Gasteiger partial charge in [0.1, 0.15) is 53.6 Å². The van der Waals surface area contributed by atoms with Crippen LogP contribution in [0.25, 0.3) is 0 Å². The highest BCUT2D eigenvalue weighted by atomic mass is 19.1. The number of carbonyl (C=O) groups excluding carboxylic acids is 4. The summed E-state index contributed by atoms with van der Waals surface area (Å²) in [5, 5.41) is 35.3. The minimum atomic E-state index is -2.63. The van der Waals surface area contributed by atoms with Crippen LogP contribution < -0.4 is 9.47 Å². The molecule has 2 bridgehead atoms. The number of fused-ring (bicyclic) bond motifs is 3. The van der Waals surface area contributed by atoms with E-state index in [9.17, 15) is 34.5 Å². The standard InChI is InChI=1S/C54H74FNO13/c1-9-37-26-31(2)48(55)32(3)27-46(64-7)50-47(65-8)28-34(5)54(63,69-50)51(60)52(61)56-24-14-13-17-41(56)53(62)68-49(35(6)42(57)30-43(37)58)33(4)25-36-18-23-45(44(59)29-36)67-40-21-19-39(20-22-40)66-38-15-11-10-12-16-38/h10-12,15-16,19-22,25-26,32,34-37,41-42,44-50,57,59,63H,9,13-14,17-18,23-24,27-30H2,1-8H3/b31-26+,33-25?. The van der Waals surface area contributed by atoms with Crippen LogP contribution in [-0.4, -0.2) is 125 Å². The third-order valence-electron chi connectivity index (χ3n) is 14.9. The molecule has 6 rings (SSSR count). The summed E-state index contributed by atoms with van der Waals surface area (Å²) in [6.07, 6.45) is -1.48. The molecule has 1 aliphatic carbocycles. The SMILES string of the molecule is CCC1/C=C(\C)C(F)C(C)CC(OC)C2OC(O)(C(=O)C(=O)N3CCCCC3C(=O)OC(C(C)=CC3CCC(Oc4ccc(Oc5ccccc5)cc4)C(O)C3)C(C)C(O)CC1=O)C(C)CC2OC. The Morgan fingerprint density at radius 2 is 1.51 bits per heavy atom. The van der Waals surface area contributed by atoms with Gasteiger partial charge in [-0.3, -0.25) is 14.4 Å². The Morgan fingerprint density at radius 3 is 2.16 bits per heavy atom. The summed E-state index contributed by atoms with van der Waals surface area (Å²) < 4.78 is 52.5. The number of esters is 1. The van der Waals surface area contributed by atoms with E-state index in [-0.39, 0.29) is 43.9 Å². The van der Waals surface area contributed by atoms with Crippen molar-refractivity contribution in [2.24, 2.45) is 29.6 Å². The lowest BCUT2D eigenvalue weighted by atomic mass is 9.81. The summed E-state index contributed by atoms with van der Waals surface area (Å²) in [5.41, 5.74) is 0.888. The Labute approximate surface area is 406 Å². The van der Waals surface area contributed by atoms with E-state index in [1.165, 1.54) is 14.2 Å². The number of cyclic esters (lactones) is 1. The van der Waals surface area contributed by atoms with Crippen molar-refractivity contribution >= 4 is 23.4 Å². The quantitative estimate of drug-likeness (QED) is 0.127. The van der Waals surface area contributed by atoms with Crippen molar-refractivity contribution in [2.45, 2.75) is 166 Å². The lowest BCUT2D eigenvalue weighted by Crippen LogP contribution is -2.64. The van der Waals surface area contributed by atoms with E-state index in [4.69, 9.17) is 28.4 Å². The molecule has 380 valence electrons. The number of ether oxygens (including phenoxy) is 6. The largest absolute Gasteiger partial charge is 0.488 e. The van der Waals surface area contributed by atoms with E-state index < -0.39 is 102 Å². The molecule has 3 N–H and O–H groups in total. The van der Waals surface area contributed by atoms with Gasteiger partial charge in [0, 0.05) is 44.9 Å². The number of hydrogen-bond acceptors (Lipinski definition) is 13. The number of hydrogen-bond donors (Lipinski definition) is 3. The molecule has 2 saturated heterocycles. The first-order chi connectivity index (χ1) is 32.9. The van der Waals surface area contributed by atoms with Gasteiger partial charge in [-0.05, 0) is 131 Å². The number of benzene rings is 2. The topological polar surface area (TPSA) is 188 Å². The van der Waals surface area contributed by atoms with E-state index in [1.807, 2.05) is 43.3 Å². The molecule has 3 heterocycles. The Bertz CT molecular complexity index is 2120. The van der Waals surface area contributed by atoms with Crippen molar-refractivity contribution in [2.75, 3.05) is 20.8 Å². The number of aliphatic hydroxyl groups is 3. The predicted octanol–water partition coefficient (Wildman–Crippen LogP) is 7.65. The zero-order chi connectivity index (χ0) is 50.2. The fraction of sp³-hybridized carbons (Fsp3) is 0.630. The molecule has 2 aromatic rings. The number of rotatable bonds is 9. The van der Waals surface area contributed by atoms with Gasteiger partial charge in [0.15, 0.2) is 0 Å². The lowest BCUT2D eigenvalue weighted by molar-refractivity contribution is -0.302. The maximum atomic E-state index is 16.3. The summed E-state index contributed by atoms with van der Waals surface area (Å²) in [7, 11) is 2.87. The monoisotopic (exact) mass is 964 g/mol. The molecule has 0 radical (unpaired) electrons. The third-order valence-corrected chi connectivity index (χ3v) is 14.9. The van der Waals surface area contributed by atoms with Gasteiger partial charge in [-0.2, -0.15) is 0 Å². The molecule has 4 aliphatic rings. The number of alkyl halides is 1. The fourth-order valence-electron chi connectivity index (χ4n) is 10.6. The van der Waals surface area contributed by atoms with Gasteiger partial charge < -0.3 is 48.6 Å². The molecular weight excluding hydrogens is 890 g/mol. The highest BCUT2D eigenvalue weighted by Crippen LogP contribution is 2.40. The maximum Gasteiger partial charge on any atom is 0.329 e. The van der Waals surface area contributed by atoms with Gasteiger partial charge >= 0.3 is 5.97 Å². The molecule has 0 spiro atoms. The number of methoxy groups -OCH3 is 2. The van der Waals surface area contributed by atoms with Gasteiger partial charge in [0.25, 0.3) is 11.7 Å². The second kappa shape index (κ2) is 24.1. The van der Waals surface area contributed by atoms with Crippen LogP contribution in [-0.2, 0) is 38.1 Å². The van der Waals surface area contributed by atoms with Gasteiger partial charge in [-0.25, -0.2) is 9.18 Å². The first-order valence-corrected chi connectivity index (χ1v) is 24.8. The number of Topliss-reactive ketones (excluding diaryl/α,β-unsaturated/α-hetero) is 2. The first-order valence-electron chi connectivity index (χ1n) is 24.8. The van der Waals surface area contributed by atoms with Crippen LogP contribution in [0.5, 0.6) is 17.2 Å². The molecule has 14 nitrogen and oxygen atoms in total. The number of allylic oxidation sites excluding steroid dienone is 3. The van der Waals surface area contributed by atoms with Crippen LogP contribution in [0.1, 0.15) is 106 Å². The van der Waals surface area contributed by atoms with E-state index in [0.717, 1.165) is 4.90 Å². The lowest BCUT2D eigenvalue weighted by Gasteiger charge is -2.47. The molecule has 0 aromatic heterocycles. The van der Waals surface area contributed by atoms with Crippen molar-refractivity contribution in [3.63, 3.8) is 0 Å². The van der Waals surface area contributed by atoms with Gasteiger partial charge in [0.05, 0.1) is 24.4 Å². The summed E-state index contributed by atoms with van der Waals surface area (Å²) in [6.45, 7) is 10.2. The van der Waals surface area contributed by atoms with Crippen molar-refractivity contribution in [3.05, 3.63) is 77.9 Å². The molecule has 2 aromatic carbocycles. The zero-order valence-corrected chi connectivity index (χ0v) is 41.5. The highest BCUT2D eigenvalue weighted by Gasteiger charge is 2.57. The van der Waals surface area contributed by atoms with E-state index in [1.54, 1.807) is 65.0 Å². The molecular formula is C54H74FNO13. The third kappa shape index (κ3) is 12.9. The number of piperidine rings is 1. The normalized spacial score (nSPS) is 36.8. The van der Waals surface area contributed by atoms with Crippen molar-refractivity contribution < 1.29 is 67.3 Å². The van der Waals surface area contributed by atoms with Crippen molar-refractivity contribution in [1.29, 1.82) is 0 Å². The summed E-state index contributed by atoms with van der Waals surface area (Å²) >= 11 is 0. The van der Waals surface area contributed by atoms with Crippen molar-refractivity contribution in [1.82, 2.24) is 4.90 Å². The minimum absolute atomic E-state index is 0.0285. The van der Waals surface area contributed by atoms with Crippen LogP contribution in [0.15, 0.2) is 77.9 Å². The zero-order valence-electron chi connectivity index (χ0n) is 41.5. The van der Waals surface area contributed by atoms with Crippen LogP contribution >= 0.6 is 0 Å². The molecule has 1 amide bonds. The summed E-state index contributed by atoms with van der Waals surface area (Å²) in [6, 6.07) is 15.4. The summed E-state index contributed by atoms with van der Waals surface area (Å²) in [5.74, 6) is -7.52. The molecule has 15 unspecified atom stereocenters. The molecule has 15 atom stereocenters. The average molecular weight is 964 g/mol. The van der Waals surface area contributed by atoms with Gasteiger partial charge in [-0.15, -0.1) is 0 Å². The van der Waals surface area contributed by atoms with Crippen LogP contribution in [0, 0.1) is 29.6 Å². The number of halogens is 1. The van der Waals surface area contributed by atoms with Crippen LogP contribution in [0.2, 0.25) is 0 Å². The molecule has 3 fully saturated rings. The van der Waals surface area contributed by atoms with Crippen LogP contribution in [0.3, 0.4) is 0 Å². The van der Waals surface area contributed by atoms with Gasteiger partial charge in [0.2, 0.25) is 5.79 Å². The van der Waals surface area contributed by atoms with E-state index in [0.29, 0.717) is 66.9 Å². The number of nitrogens with zero attached hydrogens (tertiary/aromatic N) is 1. The number of aliphatic hydroxyl groups excluding tert-OH is 2. The predicted molar refractivity (Wildman–Crippen MR) is 255 cm³/mol. The Morgan fingerprint density at radius 1 is 0.855 bits per heavy atom. The molecule has 15 heteroatoms. The molecule has 3 aliphatic heterocycles. The second-order valence-corrected chi connectivity index (χ2v) is 19.9. The number of para-hydroxylation sites is 1. The van der Waals surface area contributed by atoms with Crippen molar-refractivity contribution in [3.8, 4) is 17.2 Å². The number of ketones is 2. The summed E-state index contributed by atoms with van der Waals surface area (Å²) in [4.78, 5) is 58.3. The van der Waals surface area contributed by atoms with E-state index >= 15 is 4.39 Å². The Kier molecular flexibility index (Phi) is 18.8. The second-order valence-electron chi connectivity index (χ2n) is 19.9. The minimum Gasteiger partial charge on any atom is -0.488 e. The maximum absolute atomic E-state index is 16.3. The smallest absolute Gasteiger partial charge is 0.329 e. The Hall–Kier alpha value is -4.51. The van der Waals surface area contributed by atoms with Gasteiger partial charge in [-0.1, -0.05) is 58.0 Å². The molecule has 69 heavy (non-hydrogen) atoms. The van der Waals surface area contributed by atoms with E-state index in [2.05, 4.69) is 0 Å². The number of amides is 1. The fourth-order valence-corrected chi connectivity index (χ4v) is 10.6. The number of carbonyl (C=O) groups is 4. The van der Waals surface area contributed by atoms with Crippen LogP contribution in [0.4, 0.5) is 4.39 Å². The average Bonchev–Trinajstić information content (AvgIpc) is 3.34. The molecule has 1 saturated carbocycles. The highest BCUT2D eigenvalue weighted by molar-refractivity contribution is 6.39.